The standard InChI is InChI=1S/C18H16BrNO3/c1-11(12-3-5-13(6-4-12)18(22)23-2)20-10-14-9-15(19)7-8-16(14)17(20)21/h3-9,11H,10H2,1-2H3/t11-/m1/s1. The van der Waals surface area contributed by atoms with Gasteiger partial charge in [0.15, 0.2) is 0 Å². The van der Waals surface area contributed by atoms with Crippen LogP contribution in [-0.4, -0.2) is 23.9 Å². The Balaban J connectivity index is 1.83. The van der Waals surface area contributed by atoms with Crippen molar-refractivity contribution >= 4 is 27.8 Å². The van der Waals surface area contributed by atoms with Crippen LogP contribution in [0.25, 0.3) is 0 Å². The number of amides is 1. The maximum absolute atomic E-state index is 12.6. The molecule has 0 saturated carbocycles. The Bertz CT molecular complexity index is 770. The lowest BCUT2D eigenvalue weighted by Gasteiger charge is -2.24. The molecule has 2 aromatic rings. The van der Waals surface area contributed by atoms with Crippen molar-refractivity contribution in [3.05, 3.63) is 69.2 Å². The Morgan fingerprint density at radius 1 is 1.22 bits per heavy atom. The largest absolute Gasteiger partial charge is 0.465 e. The van der Waals surface area contributed by atoms with Crippen LogP contribution in [0, 0.1) is 0 Å². The molecule has 0 spiro atoms. The van der Waals surface area contributed by atoms with E-state index in [1.807, 2.05) is 42.2 Å². The van der Waals surface area contributed by atoms with Crippen molar-refractivity contribution < 1.29 is 14.3 Å². The second-order valence-electron chi connectivity index (χ2n) is 5.52. The van der Waals surface area contributed by atoms with E-state index in [-0.39, 0.29) is 17.9 Å². The number of carbonyl (C=O) groups is 2. The fourth-order valence-electron chi connectivity index (χ4n) is 2.82. The molecule has 0 aromatic heterocycles. The summed E-state index contributed by atoms with van der Waals surface area (Å²) in [7, 11) is 1.36. The van der Waals surface area contributed by atoms with Gasteiger partial charge in [-0.1, -0.05) is 28.1 Å². The van der Waals surface area contributed by atoms with Crippen molar-refractivity contribution in [3.63, 3.8) is 0 Å². The molecule has 0 aliphatic carbocycles. The van der Waals surface area contributed by atoms with Gasteiger partial charge in [0, 0.05) is 16.6 Å². The zero-order valence-electron chi connectivity index (χ0n) is 12.9. The zero-order chi connectivity index (χ0) is 16.6. The Labute approximate surface area is 143 Å². The van der Waals surface area contributed by atoms with Crippen LogP contribution >= 0.6 is 15.9 Å². The van der Waals surface area contributed by atoms with Crippen molar-refractivity contribution in [2.75, 3.05) is 7.11 Å². The van der Waals surface area contributed by atoms with E-state index in [0.717, 1.165) is 21.2 Å². The molecule has 1 aliphatic heterocycles. The number of hydrogen-bond acceptors (Lipinski definition) is 3. The van der Waals surface area contributed by atoms with E-state index < -0.39 is 0 Å². The first kappa shape index (κ1) is 15.7. The maximum Gasteiger partial charge on any atom is 0.337 e. The lowest BCUT2D eigenvalue weighted by molar-refractivity contribution is 0.0599. The predicted octanol–water partition coefficient (Wildman–Crippen LogP) is 3.95. The van der Waals surface area contributed by atoms with Crippen molar-refractivity contribution in [2.24, 2.45) is 0 Å². The average molecular weight is 374 g/mol. The van der Waals surface area contributed by atoms with Crippen LogP contribution in [0.1, 0.15) is 44.8 Å². The highest BCUT2D eigenvalue weighted by molar-refractivity contribution is 9.10. The summed E-state index contributed by atoms with van der Waals surface area (Å²) < 4.78 is 5.67. The van der Waals surface area contributed by atoms with E-state index in [0.29, 0.717) is 12.1 Å². The molecule has 1 atom stereocenters. The SMILES string of the molecule is COC(=O)c1ccc([C@@H](C)N2Cc3cc(Br)ccc3C2=O)cc1. The van der Waals surface area contributed by atoms with E-state index in [9.17, 15) is 9.59 Å². The third-order valence-corrected chi connectivity index (χ3v) is 4.67. The number of hydrogen-bond donors (Lipinski definition) is 0. The van der Waals surface area contributed by atoms with Crippen LogP contribution in [0.5, 0.6) is 0 Å². The van der Waals surface area contributed by atoms with Gasteiger partial charge in [-0.3, -0.25) is 4.79 Å². The van der Waals surface area contributed by atoms with E-state index in [1.54, 1.807) is 12.1 Å². The Kier molecular flexibility index (Phi) is 4.22. The third-order valence-electron chi connectivity index (χ3n) is 4.18. The fourth-order valence-corrected chi connectivity index (χ4v) is 3.23. The molecule has 1 heterocycles. The van der Waals surface area contributed by atoms with Crippen LogP contribution in [0.4, 0.5) is 0 Å². The van der Waals surface area contributed by atoms with Crippen molar-refractivity contribution in [2.45, 2.75) is 19.5 Å². The zero-order valence-corrected chi connectivity index (χ0v) is 14.5. The molecule has 0 bridgehead atoms. The second-order valence-corrected chi connectivity index (χ2v) is 6.44. The highest BCUT2D eigenvalue weighted by Gasteiger charge is 2.31. The summed E-state index contributed by atoms with van der Waals surface area (Å²) >= 11 is 3.44. The number of ether oxygens (including phenoxy) is 1. The van der Waals surface area contributed by atoms with E-state index in [4.69, 9.17) is 4.74 Å². The summed E-state index contributed by atoms with van der Waals surface area (Å²) in [5, 5.41) is 0. The summed E-state index contributed by atoms with van der Waals surface area (Å²) in [4.78, 5) is 25.9. The van der Waals surface area contributed by atoms with Gasteiger partial charge in [-0.05, 0) is 48.4 Å². The van der Waals surface area contributed by atoms with Gasteiger partial charge < -0.3 is 9.64 Å². The number of nitrogens with zero attached hydrogens (tertiary/aromatic N) is 1. The van der Waals surface area contributed by atoms with E-state index in [1.165, 1.54) is 7.11 Å². The van der Waals surface area contributed by atoms with Gasteiger partial charge in [0.1, 0.15) is 0 Å². The highest BCUT2D eigenvalue weighted by atomic mass is 79.9. The first-order valence-corrected chi connectivity index (χ1v) is 8.08. The predicted molar refractivity (Wildman–Crippen MR) is 90.2 cm³/mol. The minimum absolute atomic E-state index is 0.0389. The summed E-state index contributed by atoms with van der Waals surface area (Å²) in [6.45, 7) is 2.58. The number of methoxy groups -OCH3 is 1. The molecule has 0 unspecified atom stereocenters. The van der Waals surface area contributed by atoms with E-state index >= 15 is 0 Å². The molecule has 1 amide bonds. The van der Waals surface area contributed by atoms with Crippen molar-refractivity contribution in [1.29, 1.82) is 0 Å². The van der Waals surface area contributed by atoms with Gasteiger partial charge in [-0.25, -0.2) is 4.79 Å². The molecule has 0 saturated heterocycles. The normalized spacial score (nSPS) is 14.6. The lowest BCUT2D eigenvalue weighted by atomic mass is 10.0. The van der Waals surface area contributed by atoms with Crippen LogP contribution in [0.3, 0.4) is 0 Å². The molecule has 23 heavy (non-hydrogen) atoms. The molecule has 3 rings (SSSR count). The summed E-state index contributed by atoms with van der Waals surface area (Å²) in [5.74, 6) is -0.323. The summed E-state index contributed by atoms with van der Waals surface area (Å²) in [5.41, 5.74) is 3.27. The average Bonchev–Trinajstić information content (AvgIpc) is 2.89. The molecule has 4 nitrogen and oxygen atoms in total. The summed E-state index contributed by atoms with van der Waals surface area (Å²) in [6.07, 6.45) is 0. The Hall–Kier alpha value is -2.14. The van der Waals surface area contributed by atoms with Crippen molar-refractivity contribution in [1.82, 2.24) is 4.90 Å². The first-order valence-electron chi connectivity index (χ1n) is 7.29. The number of fused-ring (bicyclic) bond motifs is 1. The molecule has 1 aliphatic rings. The minimum Gasteiger partial charge on any atom is -0.465 e. The molecule has 118 valence electrons. The van der Waals surface area contributed by atoms with Crippen LogP contribution in [0.15, 0.2) is 46.9 Å². The van der Waals surface area contributed by atoms with Gasteiger partial charge in [0.25, 0.3) is 5.91 Å². The van der Waals surface area contributed by atoms with Crippen LogP contribution in [0.2, 0.25) is 0 Å². The topological polar surface area (TPSA) is 46.6 Å². The highest BCUT2D eigenvalue weighted by Crippen LogP contribution is 2.32. The maximum atomic E-state index is 12.6. The molecule has 0 N–H and O–H groups in total. The molecule has 5 heteroatoms. The van der Waals surface area contributed by atoms with Gasteiger partial charge in [-0.2, -0.15) is 0 Å². The number of halogens is 1. The molecule has 0 radical (unpaired) electrons. The fraction of sp³-hybridized carbons (Fsp3) is 0.222. The van der Waals surface area contributed by atoms with E-state index in [2.05, 4.69) is 15.9 Å². The van der Waals surface area contributed by atoms with Crippen LogP contribution in [-0.2, 0) is 11.3 Å². The number of rotatable bonds is 3. The van der Waals surface area contributed by atoms with Gasteiger partial charge in [0.2, 0.25) is 0 Å². The molecule has 2 aromatic carbocycles. The molecular formula is C18H16BrNO3. The monoisotopic (exact) mass is 373 g/mol. The second kappa shape index (κ2) is 6.16. The van der Waals surface area contributed by atoms with Gasteiger partial charge in [-0.15, -0.1) is 0 Å². The van der Waals surface area contributed by atoms with Crippen molar-refractivity contribution in [3.8, 4) is 0 Å². The quantitative estimate of drug-likeness (QED) is 0.765. The first-order chi connectivity index (χ1) is 11.0. The number of benzene rings is 2. The third kappa shape index (κ3) is 2.88. The number of carbonyl (C=O) groups excluding carboxylic acids is 2. The number of esters is 1. The Morgan fingerprint density at radius 2 is 1.91 bits per heavy atom. The smallest absolute Gasteiger partial charge is 0.337 e. The Morgan fingerprint density at radius 3 is 2.57 bits per heavy atom. The van der Waals surface area contributed by atoms with Crippen LogP contribution < -0.4 is 0 Å². The van der Waals surface area contributed by atoms with Gasteiger partial charge >= 0.3 is 5.97 Å². The molecule has 0 fully saturated rings. The summed E-state index contributed by atoms with van der Waals surface area (Å²) in [6, 6.07) is 12.8. The lowest BCUT2D eigenvalue weighted by Crippen LogP contribution is -2.27. The molecular weight excluding hydrogens is 358 g/mol. The minimum atomic E-state index is -0.362. The van der Waals surface area contributed by atoms with Gasteiger partial charge in [0.05, 0.1) is 18.7 Å².